The first-order valence-corrected chi connectivity index (χ1v) is 6.30. The Morgan fingerprint density at radius 1 is 1.25 bits per heavy atom. The highest BCUT2D eigenvalue weighted by molar-refractivity contribution is 6.30. The van der Waals surface area contributed by atoms with E-state index in [4.69, 9.17) is 16.0 Å². The fraction of sp³-hybridized carbons (Fsp3) is 0.0714. The van der Waals surface area contributed by atoms with Gasteiger partial charge in [0.15, 0.2) is 5.58 Å². The molecule has 0 atom stereocenters. The molecule has 0 saturated heterocycles. The highest BCUT2D eigenvalue weighted by Gasteiger charge is 2.03. The summed E-state index contributed by atoms with van der Waals surface area (Å²) in [4.78, 5) is 13.6. The number of hydrogen-bond acceptors (Lipinski definition) is 3. The lowest BCUT2D eigenvalue weighted by molar-refractivity contribution is 0.555. The van der Waals surface area contributed by atoms with Crippen LogP contribution in [0.25, 0.3) is 11.1 Å². The van der Waals surface area contributed by atoms with Crippen LogP contribution < -0.4 is 11.1 Å². The van der Waals surface area contributed by atoms with Crippen molar-refractivity contribution in [3.05, 3.63) is 63.4 Å². The van der Waals surface area contributed by atoms with Gasteiger partial charge in [-0.3, -0.25) is 4.98 Å². The van der Waals surface area contributed by atoms with Crippen molar-refractivity contribution >= 4 is 28.4 Å². The van der Waals surface area contributed by atoms with Crippen LogP contribution in [0.2, 0.25) is 5.02 Å². The third kappa shape index (κ3) is 2.53. The van der Waals surface area contributed by atoms with Crippen LogP contribution in [0.15, 0.2) is 45.6 Å². The number of fused-ring (bicyclic) bond motifs is 1. The summed E-state index contributed by atoms with van der Waals surface area (Å²) in [5.74, 6) is -0.933. The summed E-state index contributed by atoms with van der Waals surface area (Å²) >= 11 is 5.63. The number of aromatic nitrogens is 1. The number of nitrogens with one attached hydrogen (secondary N) is 2. The quantitative estimate of drug-likeness (QED) is 0.776. The Morgan fingerprint density at radius 2 is 2.10 bits per heavy atom. The summed E-state index contributed by atoms with van der Waals surface area (Å²) in [6.07, 6.45) is 0. The minimum atomic E-state index is -0.489. The van der Waals surface area contributed by atoms with Crippen molar-refractivity contribution in [1.82, 2.24) is 4.98 Å². The van der Waals surface area contributed by atoms with Gasteiger partial charge < -0.3 is 9.73 Å². The van der Waals surface area contributed by atoms with Crippen LogP contribution in [0.3, 0.4) is 0 Å². The Hall–Kier alpha value is -2.27. The molecule has 3 rings (SSSR count). The number of anilines is 1. The molecule has 4 nitrogen and oxygen atoms in total. The SMILES string of the molecule is O=c1[nH]c2cc(NCc3ccc(Cl)c(F)c3)ccc2o1. The Labute approximate surface area is 118 Å². The molecule has 1 heterocycles. The highest BCUT2D eigenvalue weighted by atomic mass is 35.5. The van der Waals surface area contributed by atoms with Crippen LogP contribution in [0.1, 0.15) is 5.56 Å². The smallest absolute Gasteiger partial charge is 0.408 e. The van der Waals surface area contributed by atoms with Gasteiger partial charge >= 0.3 is 5.76 Å². The van der Waals surface area contributed by atoms with E-state index in [1.807, 2.05) is 0 Å². The monoisotopic (exact) mass is 292 g/mol. The Kier molecular flexibility index (Phi) is 3.20. The molecule has 20 heavy (non-hydrogen) atoms. The van der Waals surface area contributed by atoms with Crippen LogP contribution in [0.5, 0.6) is 0 Å². The largest absolute Gasteiger partial charge is 0.417 e. The van der Waals surface area contributed by atoms with E-state index in [-0.39, 0.29) is 5.02 Å². The minimum Gasteiger partial charge on any atom is -0.408 e. The number of H-pyrrole nitrogens is 1. The molecule has 0 unspecified atom stereocenters. The maximum absolute atomic E-state index is 13.3. The number of halogens is 2. The van der Waals surface area contributed by atoms with Gasteiger partial charge in [0.2, 0.25) is 0 Å². The lowest BCUT2D eigenvalue weighted by Crippen LogP contribution is -1.99. The number of benzene rings is 2. The zero-order valence-corrected chi connectivity index (χ0v) is 11.0. The summed E-state index contributed by atoms with van der Waals surface area (Å²) in [5.41, 5.74) is 2.68. The van der Waals surface area contributed by atoms with Gasteiger partial charge in [0, 0.05) is 12.2 Å². The van der Waals surface area contributed by atoms with Gasteiger partial charge in [-0.15, -0.1) is 0 Å². The summed E-state index contributed by atoms with van der Waals surface area (Å²) < 4.78 is 18.2. The van der Waals surface area contributed by atoms with E-state index in [9.17, 15) is 9.18 Å². The van der Waals surface area contributed by atoms with E-state index < -0.39 is 11.6 Å². The molecule has 0 radical (unpaired) electrons. The lowest BCUT2D eigenvalue weighted by Gasteiger charge is -2.07. The number of oxazole rings is 1. The zero-order chi connectivity index (χ0) is 14.1. The van der Waals surface area contributed by atoms with Gasteiger partial charge in [0.1, 0.15) is 5.82 Å². The lowest BCUT2D eigenvalue weighted by atomic mass is 10.2. The highest BCUT2D eigenvalue weighted by Crippen LogP contribution is 2.19. The molecular weight excluding hydrogens is 283 g/mol. The van der Waals surface area contributed by atoms with E-state index in [0.29, 0.717) is 17.6 Å². The Balaban J connectivity index is 1.78. The van der Waals surface area contributed by atoms with Gasteiger partial charge in [-0.2, -0.15) is 0 Å². The fourth-order valence-corrected chi connectivity index (χ4v) is 2.03. The summed E-state index contributed by atoms with van der Waals surface area (Å²) in [5, 5.41) is 3.24. The maximum Gasteiger partial charge on any atom is 0.417 e. The van der Waals surface area contributed by atoms with E-state index in [1.165, 1.54) is 12.1 Å². The van der Waals surface area contributed by atoms with E-state index in [0.717, 1.165) is 11.3 Å². The van der Waals surface area contributed by atoms with Crippen molar-refractivity contribution in [3.8, 4) is 0 Å². The molecule has 0 aliphatic carbocycles. The molecule has 3 aromatic rings. The van der Waals surface area contributed by atoms with Crippen LogP contribution in [0.4, 0.5) is 10.1 Å². The second kappa shape index (κ2) is 5.02. The molecule has 0 fully saturated rings. The summed E-state index contributed by atoms with van der Waals surface area (Å²) in [6.45, 7) is 0.446. The average Bonchev–Trinajstić information content (AvgIpc) is 2.79. The third-order valence-corrected chi connectivity index (χ3v) is 3.21. The number of rotatable bonds is 3. The van der Waals surface area contributed by atoms with Crippen LogP contribution in [-0.2, 0) is 6.54 Å². The third-order valence-electron chi connectivity index (χ3n) is 2.90. The molecular formula is C14H10ClFN2O2. The van der Waals surface area contributed by atoms with E-state index in [2.05, 4.69) is 10.3 Å². The van der Waals surface area contributed by atoms with Crippen molar-refractivity contribution in [2.45, 2.75) is 6.54 Å². The molecule has 0 amide bonds. The predicted octanol–water partition coefficient (Wildman–Crippen LogP) is 3.53. The van der Waals surface area contributed by atoms with Crippen molar-refractivity contribution in [2.24, 2.45) is 0 Å². The van der Waals surface area contributed by atoms with Crippen LogP contribution in [0, 0.1) is 5.82 Å². The van der Waals surface area contributed by atoms with Gasteiger partial charge in [-0.25, -0.2) is 9.18 Å². The fourth-order valence-electron chi connectivity index (χ4n) is 1.92. The van der Waals surface area contributed by atoms with Gasteiger partial charge in [0.25, 0.3) is 0 Å². The van der Waals surface area contributed by atoms with Crippen molar-refractivity contribution in [3.63, 3.8) is 0 Å². The first kappa shape index (κ1) is 12.7. The predicted molar refractivity (Wildman–Crippen MR) is 75.6 cm³/mol. The Morgan fingerprint density at radius 3 is 2.90 bits per heavy atom. The van der Waals surface area contributed by atoms with E-state index >= 15 is 0 Å². The normalized spacial score (nSPS) is 10.9. The minimum absolute atomic E-state index is 0.103. The second-order valence-corrected chi connectivity index (χ2v) is 4.73. The molecule has 0 bridgehead atoms. The molecule has 2 N–H and O–H groups in total. The summed E-state index contributed by atoms with van der Waals surface area (Å²) in [7, 11) is 0. The van der Waals surface area contributed by atoms with E-state index in [1.54, 1.807) is 24.3 Å². The molecule has 0 aliphatic heterocycles. The number of hydrogen-bond donors (Lipinski definition) is 2. The second-order valence-electron chi connectivity index (χ2n) is 4.33. The molecule has 0 aliphatic rings. The molecule has 2 aromatic carbocycles. The molecule has 0 spiro atoms. The average molecular weight is 293 g/mol. The molecule has 1 aromatic heterocycles. The van der Waals surface area contributed by atoms with Gasteiger partial charge in [-0.1, -0.05) is 17.7 Å². The first-order valence-electron chi connectivity index (χ1n) is 5.92. The van der Waals surface area contributed by atoms with Gasteiger partial charge in [0.05, 0.1) is 10.5 Å². The topological polar surface area (TPSA) is 58.0 Å². The molecule has 102 valence electrons. The standard InChI is InChI=1S/C14H10ClFN2O2/c15-10-3-1-8(5-11(10)16)7-17-9-2-4-13-12(6-9)18-14(19)20-13/h1-6,17H,7H2,(H,18,19). The first-order chi connectivity index (χ1) is 9.61. The van der Waals surface area contributed by atoms with Crippen LogP contribution in [-0.4, -0.2) is 4.98 Å². The Bertz CT molecular complexity index is 825. The molecule has 0 saturated carbocycles. The van der Waals surface area contributed by atoms with Crippen molar-refractivity contribution < 1.29 is 8.81 Å². The van der Waals surface area contributed by atoms with Gasteiger partial charge in [-0.05, 0) is 35.9 Å². The summed E-state index contributed by atoms with van der Waals surface area (Å²) in [6, 6.07) is 9.88. The number of aromatic amines is 1. The van der Waals surface area contributed by atoms with Crippen molar-refractivity contribution in [1.29, 1.82) is 0 Å². The zero-order valence-electron chi connectivity index (χ0n) is 10.2. The molecule has 6 heteroatoms. The maximum atomic E-state index is 13.3. The van der Waals surface area contributed by atoms with Crippen LogP contribution >= 0.6 is 11.6 Å². The van der Waals surface area contributed by atoms with Crippen molar-refractivity contribution in [2.75, 3.05) is 5.32 Å².